The summed E-state index contributed by atoms with van der Waals surface area (Å²) in [4.78, 5) is 1.03. The molecular weight excluding hydrogens is 105 g/mol. The third-order valence-corrected chi connectivity index (χ3v) is 0.365. The molecule has 0 aromatic carbocycles. The van der Waals surface area contributed by atoms with Gasteiger partial charge in [-0.3, -0.25) is 0 Å². The van der Waals surface area contributed by atoms with Crippen molar-refractivity contribution in [2.24, 2.45) is 0 Å². The van der Waals surface area contributed by atoms with Crippen LogP contribution in [0.25, 0.3) is 0 Å². The Labute approximate surface area is 62.1 Å². The number of hydrogen-bond acceptors (Lipinski definition) is 4. The van der Waals surface area contributed by atoms with Crippen LogP contribution >= 0.6 is 0 Å². The first-order valence-electron chi connectivity index (χ1n) is 1.37. The van der Waals surface area contributed by atoms with Gasteiger partial charge in [0.15, 0.2) is 6.33 Å². The molecule has 0 fully saturated rings. The average molecular weight is 109 g/mol. The summed E-state index contributed by atoms with van der Waals surface area (Å²) in [7, 11) is 0. The van der Waals surface area contributed by atoms with E-state index in [2.05, 4.69) is 15.5 Å². The van der Waals surface area contributed by atoms with E-state index in [0.717, 1.165) is 4.79 Å². The van der Waals surface area contributed by atoms with E-state index >= 15 is 0 Å². The van der Waals surface area contributed by atoms with E-state index in [4.69, 9.17) is 5.84 Å². The first kappa shape index (κ1) is 6.87. The fourth-order valence-corrected chi connectivity index (χ4v) is 0.168. The zero-order chi connectivity index (χ0) is 4.41. The molecule has 2 N–H and O–H groups in total. The topological polar surface area (TPSA) is 69.6 Å². The second-order valence-corrected chi connectivity index (χ2v) is 0.790. The normalized spacial score (nSPS) is 7.43. The maximum absolute atomic E-state index is 4.96. The van der Waals surface area contributed by atoms with Crippen molar-refractivity contribution in [2.45, 2.75) is 0 Å². The van der Waals surface area contributed by atoms with E-state index in [1.165, 1.54) is 6.33 Å². The van der Waals surface area contributed by atoms with Crippen molar-refractivity contribution < 1.29 is 0 Å². The Hall–Kier alpha value is -0.130. The molecule has 0 saturated carbocycles. The van der Waals surface area contributed by atoms with Crippen LogP contribution in [-0.2, 0) is 0 Å². The van der Waals surface area contributed by atoms with Crippen molar-refractivity contribution in [2.75, 3.05) is 5.84 Å². The molecule has 5 nitrogen and oxygen atoms in total. The first-order valence-corrected chi connectivity index (χ1v) is 1.37. The number of hydrogen-bond donors (Lipinski definition) is 1. The molecule has 0 bridgehead atoms. The predicted octanol–water partition coefficient (Wildman–Crippen LogP) is -2.26. The third-order valence-electron chi connectivity index (χ3n) is 0.365. The molecule has 1 aromatic rings. The Bertz CT molecular complexity index is 112. The quantitative estimate of drug-likeness (QED) is 0.301. The van der Waals surface area contributed by atoms with Gasteiger partial charge in [0, 0.05) is 0 Å². The Balaban J connectivity index is 0.000000360. The van der Waals surface area contributed by atoms with Crippen LogP contribution < -0.4 is 5.84 Å². The van der Waals surface area contributed by atoms with Crippen LogP contribution in [0.15, 0.2) is 6.33 Å². The Kier molecular flexibility index (Phi) is 2.89. The van der Waals surface area contributed by atoms with E-state index in [-0.39, 0.29) is 29.6 Å². The SMILES string of the molecule is Nn1cnnn1.[NaH]. The molecule has 0 saturated heterocycles. The maximum atomic E-state index is 4.96. The molecule has 0 aliphatic rings. The van der Waals surface area contributed by atoms with Crippen molar-refractivity contribution in [1.29, 1.82) is 0 Å². The first-order chi connectivity index (χ1) is 2.89. The number of aromatic nitrogens is 4. The van der Waals surface area contributed by atoms with Gasteiger partial charge < -0.3 is 5.84 Å². The van der Waals surface area contributed by atoms with E-state index in [0.29, 0.717) is 0 Å². The van der Waals surface area contributed by atoms with E-state index in [1.54, 1.807) is 0 Å². The molecule has 0 atom stereocenters. The third kappa shape index (κ3) is 1.86. The molecule has 0 unspecified atom stereocenters. The van der Waals surface area contributed by atoms with Crippen molar-refractivity contribution in [3.05, 3.63) is 6.33 Å². The zero-order valence-electron chi connectivity index (χ0n) is 2.94. The molecule has 6 heteroatoms. The number of rotatable bonds is 0. The van der Waals surface area contributed by atoms with E-state index in [9.17, 15) is 0 Å². The average Bonchev–Trinajstić information content (AvgIpc) is 1.86. The molecule has 34 valence electrons. The summed E-state index contributed by atoms with van der Waals surface area (Å²) >= 11 is 0. The Morgan fingerprint density at radius 1 is 1.57 bits per heavy atom. The van der Waals surface area contributed by atoms with Gasteiger partial charge in [-0.1, -0.05) is 0 Å². The molecule has 1 aromatic heterocycles. The van der Waals surface area contributed by atoms with Gasteiger partial charge in [-0.2, -0.15) is 0 Å². The minimum absolute atomic E-state index is 0. The van der Waals surface area contributed by atoms with Gasteiger partial charge >= 0.3 is 29.6 Å². The van der Waals surface area contributed by atoms with Gasteiger partial charge in [-0.25, -0.2) is 0 Å². The van der Waals surface area contributed by atoms with E-state index in [1.807, 2.05) is 0 Å². The molecule has 0 aliphatic carbocycles. The fraction of sp³-hybridized carbons (Fsp3) is 0. The van der Waals surface area contributed by atoms with Crippen molar-refractivity contribution >= 4 is 29.6 Å². The number of tetrazole rings is 1. The van der Waals surface area contributed by atoms with Gasteiger partial charge in [0.1, 0.15) is 0 Å². The van der Waals surface area contributed by atoms with Crippen molar-refractivity contribution in [3.8, 4) is 0 Å². The van der Waals surface area contributed by atoms with Gasteiger partial charge in [0.25, 0.3) is 0 Å². The van der Waals surface area contributed by atoms with Crippen LogP contribution in [0, 0.1) is 0 Å². The van der Waals surface area contributed by atoms with Gasteiger partial charge in [0.05, 0.1) is 0 Å². The molecule has 1 heterocycles. The van der Waals surface area contributed by atoms with Gasteiger partial charge in [0.2, 0.25) is 0 Å². The molecule has 1 rings (SSSR count). The molecule has 0 spiro atoms. The van der Waals surface area contributed by atoms with Crippen LogP contribution in [0.4, 0.5) is 0 Å². The monoisotopic (exact) mass is 109 g/mol. The summed E-state index contributed by atoms with van der Waals surface area (Å²) in [5, 5.41) is 9.71. The number of nitrogen functional groups attached to an aromatic ring is 1. The molecular formula is CH4N5Na. The number of nitrogens with two attached hydrogens (primary N) is 1. The molecule has 0 aliphatic heterocycles. The van der Waals surface area contributed by atoms with Crippen LogP contribution in [0.2, 0.25) is 0 Å². The van der Waals surface area contributed by atoms with Crippen LogP contribution in [-0.4, -0.2) is 49.9 Å². The Morgan fingerprint density at radius 2 is 2.29 bits per heavy atom. The zero-order valence-corrected chi connectivity index (χ0v) is 2.94. The molecule has 0 radical (unpaired) electrons. The molecule has 0 amide bonds. The standard InChI is InChI=1S/CH3N5.Na.H/c2-6-1-3-4-5-6;;/h1H,2H2;;. The minimum atomic E-state index is 0. The summed E-state index contributed by atoms with van der Waals surface area (Å²) in [6, 6.07) is 0. The summed E-state index contributed by atoms with van der Waals surface area (Å²) in [6.45, 7) is 0. The van der Waals surface area contributed by atoms with Gasteiger partial charge in [-0.05, 0) is 10.4 Å². The Morgan fingerprint density at radius 3 is 2.43 bits per heavy atom. The summed E-state index contributed by atoms with van der Waals surface area (Å²) in [6.07, 6.45) is 1.31. The van der Waals surface area contributed by atoms with Crippen LogP contribution in [0.1, 0.15) is 0 Å². The van der Waals surface area contributed by atoms with E-state index < -0.39 is 0 Å². The summed E-state index contributed by atoms with van der Waals surface area (Å²) in [5.74, 6) is 4.96. The fourth-order valence-electron chi connectivity index (χ4n) is 0.168. The van der Waals surface area contributed by atoms with Gasteiger partial charge in [-0.15, -0.1) is 9.89 Å². The second kappa shape index (κ2) is 2.95. The predicted molar refractivity (Wildman–Crippen MR) is 25.1 cm³/mol. The van der Waals surface area contributed by atoms with Crippen molar-refractivity contribution in [1.82, 2.24) is 20.3 Å². The summed E-state index contributed by atoms with van der Waals surface area (Å²) in [5.41, 5.74) is 0. The summed E-state index contributed by atoms with van der Waals surface area (Å²) < 4.78 is 0. The van der Waals surface area contributed by atoms with Crippen molar-refractivity contribution in [3.63, 3.8) is 0 Å². The number of nitrogens with zero attached hydrogens (tertiary/aromatic N) is 4. The molecule has 7 heavy (non-hydrogen) atoms. The van der Waals surface area contributed by atoms with Crippen LogP contribution in [0.5, 0.6) is 0 Å². The van der Waals surface area contributed by atoms with Crippen LogP contribution in [0.3, 0.4) is 0 Å². The second-order valence-electron chi connectivity index (χ2n) is 0.790.